The summed E-state index contributed by atoms with van der Waals surface area (Å²) in [6.45, 7) is 0.438. The highest BCUT2D eigenvalue weighted by molar-refractivity contribution is 9.12. The van der Waals surface area contributed by atoms with Crippen LogP contribution in [0.3, 0.4) is 0 Å². The fraction of sp³-hybridized carbons (Fsp3) is 0.591. The number of nitrogens with one attached hydrogen (secondary N) is 1. The Bertz CT molecular complexity index is 866. The average Bonchev–Trinajstić information content (AvgIpc) is 3.34. The maximum absolute atomic E-state index is 12.9. The number of imide groups is 1. The maximum Gasteiger partial charge on any atom is 0.233 e. The molecule has 3 fully saturated rings. The van der Waals surface area contributed by atoms with Gasteiger partial charge in [0.05, 0.1) is 24.6 Å². The van der Waals surface area contributed by atoms with Gasteiger partial charge in [0.25, 0.3) is 0 Å². The van der Waals surface area contributed by atoms with Gasteiger partial charge in [-0.25, -0.2) is 0 Å². The summed E-state index contributed by atoms with van der Waals surface area (Å²) in [5.74, 6) is 0.602. The highest BCUT2D eigenvalue weighted by Crippen LogP contribution is 2.60. The number of halogens is 3. The number of anilines is 1. The Balaban J connectivity index is 1.22. The summed E-state index contributed by atoms with van der Waals surface area (Å²) in [5.41, 5.74) is 0.546. The second-order valence-electron chi connectivity index (χ2n) is 8.54. The van der Waals surface area contributed by atoms with Crippen molar-refractivity contribution in [2.45, 2.75) is 41.8 Å². The molecular formula is C22H25Br2ClN2O4. The Morgan fingerprint density at radius 1 is 1.13 bits per heavy atom. The molecule has 1 aromatic carbocycles. The lowest BCUT2D eigenvalue weighted by Gasteiger charge is -2.28. The predicted octanol–water partition coefficient (Wildman–Crippen LogP) is 4.63. The summed E-state index contributed by atoms with van der Waals surface area (Å²) in [6.07, 6.45) is 3.44. The first-order valence-electron chi connectivity index (χ1n) is 10.6. The molecule has 2 saturated carbocycles. The molecule has 1 saturated heterocycles. The van der Waals surface area contributed by atoms with Gasteiger partial charge in [0.2, 0.25) is 17.7 Å². The zero-order valence-corrected chi connectivity index (χ0v) is 21.1. The standard InChI is InChI=1S/C22H25Br2ClN2O4/c1-31-15-7-6-11(25)9-14(15)26-16(28)5-3-2-4-8-27-21(29)17-12-10-13(18(17)22(27)30)20(24)19(12)23/h6-7,9,12-13,17-20H,2-5,8,10H2,1H3,(H,26,28)/t12-,13+,17-,18-,19-,20+/m0/s1. The molecule has 6 atom stereocenters. The highest BCUT2D eigenvalue weighted by Gasteiger charge is 2.66. The van der Waals surface area contributed by atoms with E-state index in [4.69, 9.17) is 16.3 Å². The Labute approximate surface area is 203 Å². The quantitative estimate of drug-likeness (QED) is 0.278. The number of nitrogens with zero attached hydrogens (tertiary/aromatic N) is 1. The number of hydrogen-bond donors (Lipinski definition) is 1. The van der Waals surface area contributed by atoms with Gasteiger partial charge in [0.1, 0.15) is 5.75 Å². The molecule has 1 N–H and O–H groups in total. The molecule has 1 heterocycles. The van der Waals surface area contributed by atoms with E-state index >= 15 is 0 Å². The van der Waals surface area contributed by atoms with E-state index < -0.39 is 0 Å². The molecule has 2 aliphatic carbocycles. The lowest BCUT2D eigenvalue weighted by Crippen LogP contribution is -2.37. The number of alkyl halides is 2. The molecule has 0 radical (unpaired) electrons. The molecule has 1 aliphatic heterocycles. The lowest BCUT2D eigenvalue weighted by molar-refractivity contribution is -0.140. The molecular weight excluding hydrogens is 552 g/mol. The number of rotatable bonds is 8. The van der Waals surface area contributed by atoms with E-state index in [0.29, 0.717) is 42.3 Å². The molecule has 2 bridgehead atoms. The van der Waals surface area contributed by atoms with Gasteiger partial charge in [0, 0.05) is 27.6 Å². The molecule has 4 rings (SSSR count). The first-order chi connectivity index (χ1) is 14.8. The van der Waals surface area contributed by atoms with Gasteiger partial charge in [-0.2, -0.15) is 0 Å². The SMILES string of the molecule is COc1ccc(Cl)cc1NC(=O)CCCCCN1C(=O)[C@H]2[C@@H]3C[C@@H]([C@@H](Br)[C@H]3Br)[C@@H]2C1=O. The maximum atomic E-state index is 12.9. The van der Waals surface area contributed by atoms with Crippen molar-refractivity contribution in [2.24, 2.45) is 23.7 Å². The Hall–Kier alpha value is -1.12. The lowest BCUT2D eigenvalue weighted by atomic mass is 9.81. The third-order valence-electron chi connectivity index (χ3n) is 6.80. The Kier molecular flexibility index (Phi) is 6.99. The number of methoxy groups -OCH3 is 1. The van der Waals surface area contributed by atoms with E-state index in [9.17, 15) is 14.4 Å². The zero-order chi connectivity index (χ0) is 22.3. The van der Waals surface area contributed by atoms with Crippen molar-refractivity contribution in [1.29, 1.82) is 0 Å². The van der Waals surface area contributed by atoms with Crippen LogP contribution in [0.5, 0.6) is 5.75 Å². The van der Waals surface area contributed by atoms with E-state index in [-0.39, 0.29) is 51.0 Å². The fourth-order valence-electron chi connectivity index (χ4n) is 5.35. The third kappa shape index (κ3) is 4.27. The number of carbonyl (C=O) groups is 3. The number of benzene rings is 1. The number of unbranched alkanes of at least 4 members (excludes halogenated alkanes) is 2. The minimum Gasteiger partial charge on any atom is -0.495 e. The molecule has 3 amide bonds. The van der Waals surface area contributed by atoms with Crippen molar-refractivity contribution < 1.29 is 19.1 Å². The van der Waals surface area contributed by atoms with Gasteiger partial charge in [-0.3, -0.25) is 19.3 Å². The summed E-state index contributed by atoms with van der Waals surface area (Å²) in [5, 5.41) is 3.34. The zero-order valence-electron chi connectivity index (χ0n) is 17.2. The molecule has 0 unspecified atom stereocenters. The van der Waals surface area contributed by atoms with Crippen LogP contribution in [0.1, 0.15) is 32.1 Å². The van der Waals surface area contributed by atoms with Crippen LogP contribution in [-0.4, -0.2) is 45.9 Å². The van der Waals surface area contributed by atoms with Crippen molar-refractivity contribution in [3.05, 3.63) is 23.2 Å². The molecule has 31 heavy (non-hydrogen) atoms. The summed E-state index contributed by atoms with van der Waals surface area (Å²) in [7, 11) is 1.54. The topological polar surface area (TPSA) is 75.7 Å². The van der Waals surface area contributed by atoms with Gasteiger partial charge in [0.15, 0.2) is 0 Å². The average molecular weight is 577 g/mol. The molecule has 0 spiro atoms. The van der Waals surface area contributed by atoms with Gasteiger partial charge >= 0.3 is 0 Å². The van der Waals surface area contributed by atoms with Crippen LogP contribution >= 0.6 is 43.5 Å². The van der Waals surface area contributed by atoms with Gasteiger partial charge in [-0.05, 0) is 49.3 Å². The van der Waals surface area contributed by atoms with E-state index in [1.54, 1.807) is 18.2 Å². The number of hydrogen-bond acceptors (Lipinski definition) is 4. The van der Waals surface area contributed by atoms with Crippen molar-refractivity contribution in [2.75, 3.05) is 19.0 Å². The Morgan fingerprint density at radius 2 is 1.77 bits per heavy atom. The summed E-state index contributed by atoms with van der Waals surface area (Å²) < 4.78 is 5.24. The molecule has 168 valence electrons. The van der Waals surface area contributed by atoms with Crippen molar-refractivity contribution in [1.82, 2.24) is 4.90 Å². The summed E-state index contributed by atoms with van der Waals surface area (Å²) in [6, 6.07) is 5.06. The van der Waals surface area contributed by atoms with Crippen LogP contribution in [0.25, 0.3) is 0 Å². The minimum atomic E-state index is -0.158. The van der Waals surface area contributed by atoms with E-state index in [1.807, 2.05) is 0 Å². The second-order valence-corrected chi connectivity index (χ2v) is 11.1. The monoisotopic (exact) mass is 574 g/mol. The van der Waals surface area contributed by atoms with Gasteiger partial charge in [-0.1, -0.05) is 49.9 Å². The molecule has 9 heteroatoms. The number of amides is 3. The van der Waals surface area contributed by atoms with Crippen LogP contribution < -0.4 is 10.1 Å². The molecule has 1 aromatic rings. The van der Waals surface area contributed by atoms with Crippen molar-refractivity contribution in [3.8, 4) is 5.75 Å². The second kappa shape index (κ2) is 9.40. The van der Waals surface area contributed by atoms with E-state index in [1.165, 1.54) is 12.0 Å². The van der Waals surface area contributed by atoms with Crippen molar-refractivity contribution in [3.63, 3.8) is 0 Å². The molecule has 3 aliphatic rings. The first-order valence-corrected chi connectivity index (χ1v) is 12.8. The fourth-order valence-corrected chi connectivity index (χ4v) is 7.40. The van der Waals surface area contributed by atoms with Crippen LogP contribution in [0, 0.1) is 23.7 Å². The van der Waals surface area contributed by atoms with Crippen LogP contribution in [0.4, 0.5) is 5.69 Å². The first kappa shape index (κ1) is 23.1. The number of ether oxygens (including phenoxy) is 1. The predicted molar refractivity (Wildman–Crippen MR) is 126 cm³/mol. The highest BCUT2D eigenvalue weighted by atomic mass is 79.9. The van der Waals surface area contributed by atoms with E-state index in [0.717, 1.165) is 12.8 Å². The van der Waals surface area contributed by atoms with Gasteiger partial charge < -0.3 is 10.1 Å². The number of fused-ring (bicyclic) bond motifs is 5. The van der Waals surface area contributed by atoms with E-state index in [2.05, 4.69) is 37.2 Å². The van der Waals surface area contributed by atoms with Gasteiger partial charge in [-0.15, -0.1) is 0 Å². The van der Waals surface area contributed by atoms with Crippen LogP contribution in [0.15, 0.2) is 18.2 Å². The van der Waals surface area contributed by atoms with Crippen molar-refractivity contribution >= 4 is 66.9 Å². The minimum absolute atomic E-state index is 0.00264. The van der Waals surface area contributed by atoms with Crippen LogP contribution in [-0.2, 0) is 14.4 Å². The Morgan fingerprint density at radius 3 is 2.39 bits per heavy atom. The molecule has 0 aromatic heterocycles. The smallest absolute Gasteiger partial charge is 0.233 e. The third-order valence-corrected chi connectivity index (χ3v) is 10.2. The molecule has 6 nitrogen and oxygen atoms in total. The number of carbonyl (C=O) groups excluding carboxylic acids is 3. The largest absolute Gasteiger partial charge is 0.495 e. The number of likely N-dealkylation sites (tertiary alicyclic amines) is 1. The normalized spacial score (nSPS) is 31.3. The van der Waals surface area contributed by atoms with Crippen LogP contribution in [0.2, 0.25) is 5.02 Å². The summed E-state index contributed by atoms with van der Waals surface area (Å²) >= 11 is 13.4. The summed E-state index contributed by atoms with van der Waals surface area (Å²) in [4.78, 5) is 40.0.